The molecule has 0 saturated heterocycles. The van der Waals surface area contributed by atoms with E-state index >= 15 is 0 Å². The number of phenols is 1. The number of rotatable bonds is 6. The van der Waals surface area contributed by atoms with E-state index in [-0.39, 0.29) is 11.3 Å². The standard InChI is InChI=1S/C12H14O7/c1-17-12(18-2,19-11(16)7-10(14)15)8-5-3-4-6-9(8)13/h3-6,13H,7H2,1-2H3,(H,14,15). The van der Waals surface area contributed by atoms with Gasteiger partial charge in [-0.15, -0.1) is 0 Å². The van der Waals surface area contributed by atoms with Crippen molar-refractivity contribution >= 4 is 11.9 Å². The summed E-state index contributed by atoms with van der Waals surface area (Å²) in [6, 6.07) is 5.92. The lowest BCUT2D eigenvalue weighted by atomic mass is 10.1. The molecule has 0 bridgehead atoms. The lowest BCUT2D eigenvalue weighted by molar-refractivity contribution is -0.356. The van der Waals surface area contributed by atoms with Crippen LogP contribution in [-0.4, -0.2) is 36.4 Å². The van der Waals surface area contributed by atoms with Gasteiger partial charge in [0, 0.05) is 14.2 Å². The second kappa shape index (κ2) is 6.17. The number of phenolic OH excluding ortho intramolecular Hbond substituents is 1. The number of esters is 1. The molecule has 0 aliphatic heterocycles. The van der Waals surface area contributed by atoms with Gasteiger partial charge in [0.15, 0.2) is 0 Å². The molecule has 19 heavy (non-hydrogen) atoms. The molecule has 0 fully saturated rings. The van der Waals surface area contributed by atoms with Crippen molar-refractivity contribution in [3.8, 4) is 5.75 Å². The van der Waals surface area contributed by atoms with Gasteiger partial charge in [-0.2, -0.15) is 0 Å². The predicted molar refractivity (Wildman–Crippen MR) is 62.1 cm³/mol. The highest BCUT2D eigenvalue weighted by atomic mass is 16.9. The van der Waals surface area contributed by atoms with Crippen LogP contribution in [0.4, 0.5) is 0 Å². The summed E-state index contributed by atoms with van der Waals surface area (Å²) in [6.07, 6.45) is -0.845. The summed E-state index contributed by atoms with van der Waals surface area (Å²) in [5.41, 5.74) is 0.0544. The van der Waals surface area contributed by atoms with Crippen molar-refractivity contribution in [2.75, 3.05) is 14.2 Å². The van der Waals surface area contributed by atoms with E-state index < -0.39 is 24.3 Å². The molecule has 7 heteroatoms. The number of methoxy groups -OCH3 is 2. The highest BCUT2D eigenvalue weighted by molar-refractivity contribution is 5.90. The van der Waals surface area contributed by atoms with Crippen LogP contribution in [0, 0.1) is 0 Å². The average molecular weight is 270 g/mol. The summed E-state index contributed by atoms with van der Waals surface area (Å²) in [6.45, 7) is 0. The van der Waals surface area contributed by atoms with Crippen molar-refractivity contribution in [3.63, 3.8) is 0 Å². The van der Waals surface area contributed by atoms with E-state index in [1.165, 1.54) is 26.4 Å². The number of benzene rings is 1. The fourth-order valence-corrected chi connectivity index (χ4v) is 1.48. The van der Waals surface area contributed by atoms with Gasteiger partial charge in [-0.25, -0.2) is 0 Å². The number of hydrogen-bond acceptors (Lipinski definition) is 6. The molecule has 0 unspecified atom stereocenters. The van der Waals surface area contributed by atoms with E-state index in [1.54, 1.807) is 12.1 Å². The van der Waals surface area contributed by atoms with Gasteiger partial charge in [0.2, 0.25) is 0 Å². The maximum atomic E-state index is 11.4. The maximum Gasteiger partial charge on any atom is 0.361 e. The van der Waals surface area contributed by atoms with Crippen molar-refractivity contribution in [1.82, 2.24) is 0 Å². The third-order valence-electron chi connectivity index (χ3n) is 2.32. The smallest absolute Gasteiger partial charge is 0.361 e. The third-order valence-corrected chi connectivity index (χ3v) is 2.32. The fourth-order valence-electron chi connectivity index (χ4n) is 1.48. The Kier molecular flexibility index (Phi) is 4.85. The van der Waals surface area contributed by atoms with Gasteiger partial charge in [0.1, 0.15) is 12.2 Å². The summed E-state index contributed by atoms with van der Waals surface area (Å²) in [5.74, 6) is -4.60. The molecule has 1 aromatic carbocycles. The van der Waals surface area contributed by atoms with Gasteiger partial charge in [-0.3, -0.25) is 9.59 Å². The third kappa shape index (κ3) is 3.43. The Hall–Kier alpha value is -2.12. The molecule has 0 aliphatic rings. The number of carbonyl (C=O) groups is 2. The van der Waals surface area contributed by atoms with Crippen LogP contribution in [0.2, 0.25) is 0 Å². The number of ether oxygens (including phenoxy) is 3. The van der Waals surface area contributed by atoms with Crippen LogP contribution >= 0.6 is 0 Å². The van der Waals surface area contributed by atoms with Crippen LogP contribution in [0.1, 0.15) is 12.0 Å². The first-order valence-electron chi connectivity index (χ1n) is 5.27. The van der Waals surface area contributed by atoms with E-state index in [4.69, 9.17) is 19.3 Å². The highest BCUT2D eigenvalue weighted by Gasteiger charge is 2.40. The maximum absolute atomic E-state index is 11.4. The zero-order valence-electron chi connectivity index (χ0n) is 10.5. The first kappa shape index (κ1) is 14.9. The SMILES string of the molecule is COC(OC)(OC(=O)CC(=O)O)c1ccccc1O. The van der Waals surface area contributed by atoms with Crippen molar-refractivity contribution in [2.24, 2.45) is 0 Å². The van der Waals surface area contributed by atoms with E-state index in [1.807, 2.05) is 0 Å². The van der Waals surface area contributed by atoms with Crippen molar-refractivity contribution in [1.29, 1.82) is 0 Å². The molecule has 104 valence electrons. The molecule has 1 aromatic rings. The Morgan fingerprint density at radius 3 is 2.26 bits per heavy atom. The molecule has 0 aromatic heterocycles. The number of carboxylic acid groups (broad SMARTS) is 1. The molecule has 0 aliphatic carbocycles. The Morgan fingerprint density at radius 2 is 1.79 bits per heavy atom. The lowest BCUT2D eigenvalue weighted by Crippen LogP contribution is -2.37. The zero-order valence-corrected chi connectivity index (χ0v) is 10.5. The zero-order chi connectivity index (χ0) is 14.5. The molecule has 0 atom stereocenters. The topological polar surface area (TPSA) is 102 Å². The minimum Gasteiger partial charge on any atom is -0.507 e. The Labute approximate surface area is 109 Å². The minimum absolute atomic E-state index is 0.0544. The summed E-state index contributed by atoms with van der Waals surface area (Å²) < 4.78 is 14.9. The van der Waals surface area contributed by atoms with Crippen LogP contribution in [0.15, 0.2) is 24.3 Å². The number of hydrogen-bond donors (Lipinski definition) is 2. The van der Waals surface area contributed by atoms with Crippen molar-refractivity contribution in [2.45, 2.75) is 12.4 Å². The Bertz CT molecular complexity index is 465. The number of carboxylic acids is 1. The van der Waals surface area contributed by atoms with Gasteiger partial charge in [0.25, 0.3) is 0 Å². The summed E-state index contributed by atoms with van der Waals surface area (Å²) in [4.78, 5) is 21.9. The van der Waals surface area contributed by atoms with Crippen LogP contribution in [0.25, 0.3) is 0 Å². The van der Waals surface area contributed by atoms with Crippen LogP contribution in [0.3, 0.4) is 0 Å². The lowest BCUT2D eigenvalue weighted by Gasteiger charge is -2.30. The molecule has 2 N–H and O–H groups in total. The highest BCUT2D eigenvalue weighted by Crippen LogP contribution is 2.34. The molecule has 0 saturated carbocycles. The fraction of sp³-hybridized carbons (Fsp3) is 0.333. The number of aromatic hydroxyl groups is 1. The molecule has 0 spiro atoms. The first-order chi connectivity index (χ1) is 8.95. The van der Waals surface area contributed by atoms with E-state index in [2.05, 4.69) is 0 Å². The molecule has 0 heterocycles. The van der Waals surface area contributed by atoms with E-state index in [0.717, 1.165) is 0 Å². The van der Waals surface area contributed by atoms with Gasteiger partial charge in [-0.1, -0.05) is 12.1 Å². The minimum atomic E-state index is -1.99. The van der Waals surface area contributed by atoms with Crippen molar-refractivity contribution in [3.05, 3.63) is 29.8 Å². The molecule has 7 nitrogen and oxygen atoms in total. The van der Waals surface area contributed by atoms with Gasteiger partial charge >= 0.3 is 17.9 Å². The second-order valence-corrected chi connectivity index (χ2v) is 3.53. The summed E-state index contributed by atoms with van der Waals surface area (Å²) in [7, 11) is 2.40. The monoisotopic (exact) mass is 270 g/mol. The average Bonchev–Trinajstić information content (AvgIpc) is 2.36. The number of aliphatic carboxylic acids is 1. The molecular weight excluding hydrogens is 256 g/mol. The Balaban J connectivity index is 3.07. The molecular formula is C12H14O7. The quantitative estimate of drug-likeness (QED) is 0.448. The van der Waals surface area contributed by atoms with Crippen LogP contribution in [-0.2, 0) is 29.8 Å². The normalized spacial score (nSPS) is 11.1. The Morgan fingerprint density at radius 1 is 1.21 bits per heavy atom. The molecule has 0 amide bonds. The largest absolute Gasteiger partial charge is 0.507 e. The van der Waals surface area contributed by atoms with Gasteiger partial charge in [0.05, 0.1) is 5.56 Å². The summed E-state index contributed by atoms with van der Waals surface area (Å²) >= 11 is 0. The molecule has 1 rings (SSSR count). The number of carbonyl (C=O) groups excluding carboxylic acids is 1. The first-order valence-corrected chi connectivity index (χ1v) is 5.27. The molecule has 0 radical (unpaired) electrons. The number of para-hydroxylation sites is 1. The van der Waals surface area contributed by atoms with E-state index in [9.17, 15) is 14.7 Å². The summed E-state index contributed by atoms with van der Waals surface area (Å²) in [5, 5.41) is 18.3. The van der Waals surface area contributed by atoms with Crippen LogP contribution < -0.4 is 0 Å². The van der Waals surface area contributed by atoms with Crippen LogP contribution in [0.5, 0.6) is 5.75 Å². The van der Waals surface area contributed by atoms with Gasteiger partial charge in [-0.05, 0) is 12.1 Å². The second-order valence-electron chi connectivity index (χ2n) is 3.53. The van der Waals surface area contributed by atoms with E-state index in [0.29, 0.717) is 0 Å². The predicted octanol–water partition coefficient (Wildman–Crippen LogP) is 0.813. The van der Waals surface area contributed by atoms with Crippen molar-refractivity contribution < 1.29 is 34.0 Å². The van der Waals surface area contributed by atoms with Gasteiger partial charge < -0.3 is 24.4 Å².